The minimum absolute atomic E-state index is 0.164. The number of benzene rings is 2. The largest absolute Gasteiger partial charge is 0.372 e. The number of nitrogens with zero attached hydrogens (tertiary/aromatic N) is 3. The third-order valence-corrected chi connectivity index (χ3v) is 4.56. The SMILES string of the molecule is CCCCN(CC)c1ccc(C(=O)NCc2nc(-c3ccccc3)no2)cc1. The quantitative estimate of drug-likeness (QED) is 0.601. The molecule has 0 fully saturated rings. The van der Waals surface area contributed by atoms with Crippen LogP contribution in [-0.2, 0) is 6.54 Å². The third kappa shape index (κ3) is 4.97. The number of anilines is 1. The van der Waals surface area contributed by atoms with E-state index in [2.05, 4.69) is 34.2 Å². The zero-order chi connectivity index (χ0) is 19.8. The Labute approximate surface area is 165 Å². The lowest BCUT2D eigenvalue weighted by Crippen LogP contribution is -2.25. The minimum Gasteiger partial charge on any atom is -0.372 e. The number of aromatic nitrogens is 2. The first-order valence-corrected chi connectivity index (χ1v) is 9.72. The van der Waals surface area contributed by atoms with E-state index >= 15 is 0 Å². The molecule has 0 unspecified atom stereocenters. The molecule has 146 valence electrons. The van der Waals surface area contributed by atoms with Crippen LogP contribution >= 0.6 is 0 Å². The molecule has 3 rings (SSSR count). The van der Waals surface area contributed by atoms with Crippen LogP contribution in [-0.4, -0.2) is 29.1 Å². The Balaban J connectivity index is 1.57. The van der Waals surface area contributed by atoms with Crippen LogP contribution in [0.3, 0.4) is 0 Å². The fourth-order valence-electron chi connectivity index (χ4n) is 2.93. The molecule has 0 aliphatic carbocycles. The molecule has 2 aromatic carbocycles. The molecule has 0 saturated heterocycles. The first-order chi connectivity index (χ1) is 13.7. The van der Waals surface area contributed by atoms with Crippen LogP contribution in [0, 0.1) is 0 Å². The van der Waals surface area contributed by atoms with Gasteiger partial charge in [0.15, 0.2) is 0 Å². The summed E-state index contributed by atoms with van der Waals surface area (Å²) in [7, 11) is 0. The van der Waals surface area contributed by atoms with Crippen molar-refractivity contribution in [2.45, 2.75) is 33.2 Å². The summed E-state index contributed by atoms with van der Waals surface area (Å²) in [6.07, 6.45) is 2.32. The standard InChI is InChI=1S/C22H26N4O2/c1-3-5-15-26(4-2)19-13-11-18(12-14-19)22(27)23-16-20-24-21(25-28-20)17-9-7-6-8-10-17/h6-14H,3-5,15-16H2,1-2H3,(H,23,27). The Hall–Kier alpha value is -3.15. The van der Waals surface area contributed by atoms with Crippen molar-refractivity contribution in [3.8, 4) is 11.4 Å². The van der Waals surface area contributed by atoms with E-state index in [1.807, 2.05) is 54.6 Å². The summed E-state index contributed by atoms with van der Waals surface area (Å²) in [5.74, 6) is 0.726. The van der Waals surface area contributed by atoms with Gasteiger partial charge in [-0.3, -0.25) is 4.79 Å². The molecule has 0 spiro atoms. The monoisotopic (exact) mass is 378 g/mol. The molecule has 0 aliphatic heterocycles. The maximum atomic E-state index is 12.4. The normalized spacial score (nSPS) is 10.6. The zero-order valence-electron chi connectivity index (χ0n) is 16.4. The van der Waals surface area contributed by atoms with Crippen molar-refractivity contribution >= 4 is 11.6 Å². The average Bonchev–Trinajstić information content (AvgIpc) is 3.23. The van der Waals surface area contributed by atoms with Crippen molar-refractivity contribution in [2.24, 2.45) is 0 Å². The Bertz CT molecular complexity index is 875. The highest BCUT2D eigenvalue weighted by Gasteiger charge is 2.11. The number of rotatable bonds is 9. The Morgan fingerprint density at radius 3 is 2.50 bits per heavy atom. The minimum atomic E-state index is -0.164. The number of unbranched alkanes of at least 4 members (excludes halogenated alkanes) is 1. The smallest absolute Gasteiger partial charge is 0.251 e. The Morgan fingerprint density at radius 2 is 1.82 bits per heavy atom. The van der Waals surface area contributed by atoms with Crippen molar-refractivity contribution < 1.29 is 9.32 Å². The van der Waals surface area contributed by atoms with E-state index in [9.17, 15) is 4.79 Å². The van der Waals surface area contributed by atoms with E-state index in [1.54, 1.807) is 0 Å². The molecule has 6 nitrogen and oxygen atoms in total. The van der Waals surface area contributed by atoms with E-state index < -0.39 is 0 Å². The number of carbonyl (C=O) groups is 1. The Morgan fingerprint density at radius 1 is 1.07 bits per heavy atom. The van der Waals surface area contributed by atoms with E-state index in [0.29, 0.717) is 17.3 Å². The van der Waals surface area contributed by atoms with Gasteiger partial charge >= 0.3 is 0 Å². The predicted octanol–water partition coefficient (Wildman–Crippen LogP) is 4.29. The molecule has 3 aromatic rings. The molecule has 1 aromatic heterocycles. The van der Waals surface area contributed by atoms with Crippen molar-refractivity contribution in [3.63, 3.8) is 0 Å². The van der Waals surface area contributed by atoms with E-state index in [-0.39, 0.29) is 12.5 Å². The average molecular weight is 378 g/mol. The zero-order valence-corrected chi connectivity index (χ0v) is 16.4. The molecular weight excluding hydrogens is 352 g/mol. The van der Waals surface area contributed by atoms with Gasteiger partial charge in [-0.15, -0.1) is 0 Å². The van der Waals surface area contributed by atoms with Crippen molar-refractivity contribution in [3.05, 3.63) is 66.1 Å². The third-order valence-electron chi connectivity index (χ3n) is 4.56. The number of hydrogen-bond donors (Lipinski definition) is 1. The molecule has 1 N–H and O–H groups in total. The van der Waals surface area contributed by atoms with Gasteiger partial charge in [0.1, 0.15) is 0 Å². The Kier molecular flexibility index (Phi) is 6.78. The first kappa shape index (κ1) is 19.6. The summed E-state index contributed by atoms with van der Waals surface area (Å²) in [6.45, 7) is 6.50. The second-order valence-electron chi connectivity index (χ2n) is 6.54. The summed E-state index contributed by atoms with van der Waals surface area (Å²) in [4.78, 5) is 19.0. The predicted molar refractivity (Wildman–Crippen MR) is 110 cm³/mol. The summed E-state index contributed by atoms with van der Waals surface area (Å²) in [6, 6.07) is 17.3. The lowest BCUT2D eigenvalue weighted by molar-refractivity contribution is 0.0946. The van der Waals surface area contributed by atoms with Gasteiger partial charge in [0.05, 0.1) is 6.54 Å². The van der Waals surface area contributed by atoms with Crippen LogP contribution < -0.4 is 10.2 Å². The van der Waals surface area contributed by atoms with Gasteiger partial charge in [-0.25, -0.2) is 0 Å². The van der Waals surface area contributed by atoms with Crippen LogP contribution in [0.4, 0.5) is 5.69 Å². The summed E-state index contributed by atoms with van der Waals surface area (Å²) < 4.78 is 5.23. The molecule has 0 aliphatic rings. The highest BCUT2D eigenvalue weighted by atomic mass is 16.5. The molecule has 28 heavy (non-hydrogen) atoms. The van der Waals surface area contributed by atoms with Crippen LogP contribution in [0.1, 0.15) is 42.9 Å². The highest BCUT2D eigenvalue weighted by molar-refractivity contribution is 5.94. The van der Waals surface area contributed by atoms with E-state index in [4.69, 9.17) is 4.52 Å². The summed E-state index contributed by atoms with van der Waals surface area (Å²) >= 11 is 0. The lowest BCUT2D eigenvalue weighted by Gasteiger charge is -2.23. The van der Waals surface area contributed by atoms with Gasteiger partial charge < -0.3 is 14.7 Å². The van der Waals surface area contributed by atoms with Gasteiger partial charge in [0, 0.05) is 29.9 Å². The topological polar surface area (TPSA) is 71.3 Å². The number of amides is 1. The second-order valence-corrected chi connectivity index (χ2v) is 6.54. The number of hydrogen-bond acceptors (Lipinski definition) is 5. The van der Waals surface area contributed by atoms with Gasteiger partial charge in [0.25, 0.3) is 5.91 Å². The number of nitrogens with one attached hydrogen (secondary N) is 1. The second kappa shape index (κ2) is 9.69. The van der Waals surface area contributed by atoms with Crippen LogP contribution in [0.2, 0.25) is 0 Å². The molecule has 0 radical (unpaired) electrons. The molecule has 1 heterocycles. The number of carbonyl (C=O) groups excluding carboxylic acids is 1. The summed E-state index contributed by atoms with van der Waals surface area (Å²) in [5.41, 5.74) is 2.62. The van der Waals surface area contributed by atoms with Crippen molar-refractivity contribution in [1.29, 1.82) is 0 Å². The fourth-order valence-corrected chi connectivity index (χ4v) is 2.93. The van der Waals surface area contributed by atoms with Crippen LogP contribution in [0.5, 0.6) is 0 Å². The maximum Gasteiger partial charge on any atom is 0.251 e. The highest BCUT2D eigenvalue weighted by Crippen LogP contribution is 2.17. The van der Waals surface area contributed by atoms with E-state index in [0.717, 1.165) is 30.8 Å². The van der Waals surface area contributed by atoms with Gasteiger partial charge in [-0.05, 0) is 37.6 Å². The molecule has 1 amide bonds. The molecule has 0 saturated carbocycles. The molecule has 0 bridgehead atoms. The van der Waals surface area contributed by atoms with Gasteiger partial charge in [-0.1, -0.05) is 48.8 Å². The van der Waals surface area contributed by atoms with E-state index in [1.165, 1.54) is 6.42 Å². The molecule has 0 atom stereocenters. The summed E-state index contributed by atoms with van der Waals surface area (Å²) in [5, 5.41) is 6.79. The molecule has 6 heteroatoms. The van der Waals surface area contributed by atoms with Crippen molar-refractivity contribution in [1.82, 2.24) is 15.5 Å². The molecular formula is C22H26N4O2. The van der Waals surface area contributed by atoms with Gasteiger partial charge in [0.2, 0.25) is 11.7 Å². The fraction of sp³-hybridized carbons (Fsp3) is 0.318. The lowest BCUT2D eigenvalue weighted by atomic mass is 10.1. The van der Waals surface area contributed by atoms with Crippen molar-refractivity contribution in [2.75, 3.05) is 18.0 Å². The van der Waals surface area contributed by atoms with Crippen LogP contribution in [0.15, 0.2) is 59.1 Å². The first-order valence-electron chi connectivity index (χ1n) is 9.72. The van der Waals surface area contributed by atoms with Crippen LogP contribution in [0.25, 0.3) is 11.4 Å². The maximum absolute atomic E-state index is 12.4. The van der Waals surface area contributed by atoms with Gasteiger partial charge in [-0.2, -0.15) is 4.98 Å².